The number of aryl methyl sites for hydroxylation is 3. The van der Waals surface area contributed by atoms with E-state index in [-0.39, 0.29) is 92.3 Å². The molecule has 3 amide bonds. The first-order valence-corrected chi connectivity index (χ1v) is 32.6. The number of carbonyl (C=O) groups is 10. The maximum Gasteiger partial charge on any atom is 0.306 e. The van der Waals surface area contributed by atoms with Crippen molar-refractivity contribution in [1.29, 1.82) is 0 Å². The van der Waals surface area contributed by atoms with E-state index in [0.29, 0.717) is 93.5 Å². The van der Waals surface area contributed by atoms with E-state index in [1.54, 1.807) is 107 Å². The minimum atomic E-state index is -0.803. The van der Waals surface area contributed by atoms with Crippen molar-refractivity contribution in [3.63, 3.8) is 0 Å². The van der Waals surface area contributed by atoms with E-state index in [9.17, 15) is 52.7 Å². The highest BCUT2D eigenvalue weighted by molar-refractivity contribution is 6.63. The fourth-order valence-corrected chi connectivity index (χ4v) is 6.43. The summed E-state index contributed by atoms with van der Waals surface area (Å²) in [5.74, 6) is -2.97. The first kappa shape index (κ1) is 101. The van der Waals surface area contributed by atoms with Crippen molar-refractivity contribution < 1.29 is 99.8 Å². The van der Waals surface area contributed by atoms with Crippen molar-refractivity contribution in [3.8, 4) is 17.2 Å². The molecule has 0 fully saturated rings. The molecule has 0 bridgehead atoms. The van der Waals surface area contributed by atoms with Gasteiger partial charge in [-0.15, -0.1) is 6.58 Å². The van der Waals surface area contributed by atoms with Gasteiger partial charge >= 0.3 is 29.8 Å². The number of rotatable bonds is 39. The number of aliphatic hydroxyl groups is 1. The number of amides is 3. The molecule has 0 heterocycles. The van der Waals surface area contributed by atoms with Crippen LogP contribution >= 0.6 is 11.6 Å². The van der Waals surface area contributed by atoms with E-state index in [0.717, 1.165) is 87.3 Å². The lowest BCUT2D eigenvalue weighted by Crippen LogP contribution is -2.24. The number of carbonyl (C=O) groups excluding carboxylic acids is 7. The Morgan fingerprint density at radius 3 is 1.04 bits per heavy atom. The van der Waals surface area contributed by atoms with Crippen LogP contribution in [0.1, 0.15) is 168 Å². The maximum absolute atomic E-state index is 11.1. The minimum Gasteiger partial charge on any atom is -0.508 e. The molecule has 0 unspecified atom stereocenters. The number of aliphatic carboxylic acids is 4. The molecule has 0 aliphatic carbocycles. The lowest BCUT2D eigenvalue weighted by atomic mass is 10.1. The van der Waals surface area contributed by atoms with Gasteiger partial charge in [0, 0.05) is 76.3 Å². The molecule has 0 aliphatic heterocycles. The van der Waals surface area contributed by atoms with E-state index in [2.05, 4.69) is 60.4 Å². The first-order chi connectivity index (χ1) is 47.2. The molecule has 0 radical (unpaired) electrons. The SMILES string of the molecule is C=C(C)C(=O)NCCCCCC(=O)Cl.C=C(C)C(=O)NCCCCCC(=O)O.C=C(C)C(=O)NCCCCCN=C=O.C=C(C)C(C)=O.C=CCO.C=CCOC(=O)CCc1ccc(O)cc1.NCCCCCC(=O)O.O=C(O)CCc1ccc(O)cc1.O=C(O)CCc1ccc(O)cc1.[2HH]. The number of hydrogen-bond acceptors (Lipinski definition) is 18. The van der Waals surface area contributed by atoms with E-state index in [4.69, 9.17) is 62.9 Å². The highest BCUT2D eigenvalue weighted by Crippen LogP contribution is 2.14. The molecule has 0 aliphatic rings. The molecule has 0 spiro atoms. The molecule has 3 aromatic rings. The van der Waals surface area contributed by atoms with Crippen LogP contribution in [0.5, 0.6) is 17.2 Å². The van der Waals surface area contributed by atoms with Gasteiger partial charge in [-0.05, 0) is 188 Å². The number of benzene rings is 3. The number of nitrogens with two attached hydrogens (primary N) is 1. The second-order valence-corrected chi connectivity index (χ2v) is 22.0. The van der Waals surface area contributed by atoms with Crippen molar-refractivity contribution in [2.75, 3.05) is 45.9 Å². The molecule has 0 saturated heterocycles. The third-order valence-corrected chi connectivity index (χ3v) is 12.2. The Hall–Kier alpha value is -9.81. The predicted octanol–water partition coefficient (Wildman–Crippen LogP) is 11.5. The van der Waals surface area contributed by atoms with Crippen LogP contribution in [0, 0.1) is 0 Å². The van der Waals surface area contributed by atoms with Gasteiger partial charge in [0.15, 0.2) is 5.78 Å². The standard InChI is InChI=1S/C12H14O3.C10H16ClNO2.C10H16N2O2.C10H17NO3.2C9H10O3.C6H13NO2.C5H8O.C3H6O.H2/c1-2-9-15-12(14)8-5-10-3-6-11(13)7-4-10;1-8(2)10(14)12-7-5-3-4-6-9(11)13;1-9(2)10(14)12-7-5-3-4-6-11-8-13;1-8(2)10(14)11-7-5-3-4-6-9(12)13;2*10-8-4-1-7(2-5-8)3-6-9(11)12;7-5-3-1-2-4-6(8)9;1-4(2)5(3)6;1-2-3-4;/h2-4,6-7,13H,1,5,8-9H2;2*1,3-7H2,2H3,(H,12,14);1,3-7H2,2H3,(H,11,14)(H,12,13);2*1-2,4-5,10H,3,6H2,(H,11,12);1-5,7H2,(H,8,9);1H2,2-3H3;2,4H,1,3H2;1H/i;;;;;;;;;1+1. The van der Waals surface area contributed by atoms with Crippen LogP contribution in [0.3, 0.4) is 0 Å². The molecule has 25 nitrogen and oxygen atoms in total. The van der Waals surface area contributed by atoms with Crippen molar-refractivity contribution >= 4 is 76.3 Å². The summed E-state index contributed by atoms with van der Waals surface area (Å²) >= 11 is 5.16. The van der Waals surface area contributed by atoms with Gasteiger partial charge in [0.25, 0.3) is 0 Å². The summed E-state index contributed by atoms with van der Waals surface area (Å²) in [6, 6.07) is 19.9. The number of aliphatic imine (C=N–C) groups is 1. The number of isocyanates is 1. The van der Waals surface area contributed by atoms with Crippen LogP contribution in [0.25, 0.3) is 0 Å². The van der Waals surface area contributed by atoms with Gasteiger partial charge in [0.1, 0.15) is 23.9 Å². The number of aromatic hydroxyl groups is 3. The highest BCUT2D eigenvalue weighted by atomic mass is 35.5. The van der Waals surface area contributed by atoms with Gasteiger partial charge in [-0.1, -0.05) is 101 Å². The number of phenols is 3. The Labute approximate surface area is 596 Å². The number of ether oxygens (including phenoxy) is 1. The topological polar surface area (TPSA) is 433 Å². The van der Waals surface area contributed by atoms with Gasteiger partial charge in [-0.2, -0.15) is 0 Å². The maximum atomic E-state index is 11.1. The molecular formula is C74H112ClN5O20. The molecule has 560 valence electrons. The van der Waals surface area contributed by atoms with Crippen LogP contribution < -0.4 is 21.7 Å². The van der Waals surface area contributed by atoms with Crippen LogP contribution in [-0.2, 0) is 76.7 Å². The lowest BCUT2D eigenvalue weighted by molar-refractivity contribution is -0.142. The summed E-state index contributed by atoms with van der Waals surface area (Å²) in [7, 11) is 0. The van der Waals surface area contributed by atoms with Crippen LogP contribution in [0.15, 0.2) is 152 Å². The van der Waals surface area contributed by atoms with Gasteiger partial charge in [-0.25, -0.2) is 9.79 Å². The molecule has 100 heavy (non-hydrogen) atoms. The molecular weight excluding hydrogens is 1310 g/mol. The van der Waals surface area contributed by atoms with Crippen molar-refractivity contribution in [2.24, 2.45) is 10.7 Å². The second-order valence-electron chi connectivity index (χ2n) is 21.6. The molecule has 13 N–H and O–H groups in total. The normalized spacial score (nSPS) is 9.24. The third-order valence-electron chi connectivity index (χ3n) is 12.0. The third kappa shape index (κ3) is 84.3. The quantitative estimate of drug-likeness (QED) is 0.00480. The van der Waals surface area contributed by atoms with E-state index in [1.807, 2.05) is 0 Å². The molecule has 3 rings (SSSR count). The number of nitrogens with one attached hydrogen (secondary N) is 3. The molecule has 3 aromatic carbocycles. The number of Topliss-reactive ketones (excluding diaryl/α,β-unsaturated/α-hetero) is 1. The number of ketones is 1. The van der Waals surface area contributed by atoms with Crippen molar-refractivity contribution in [3.05, 3.63) is 163 Å². The number of aliphatic hydroxyl groups excluding tert-OH is 1. The second kappa shape index (κ2) is 71.9. The lowest BCUT2D eigenvalue weighted by Gasteiger charge is -2.03. The van der Waals surface area contributed by atoms with Crippen LogP contribution in [0.2, 0.25) is 0 Å². The highest BCUT2D eigenvalue weighted by Gasteiger charge is 2.06. The monoisotopic (exact) mass is 1430 g/mol. The molecule has 0 atom stereocenters. The Kier molecular flexibility index (Phi) is 72.8. The predicted molar refractivity (Wildman–Crippen MR) is 392 cm³/mol. The number of unbranched alkanes of at least 4 members (excludes halogenated alkanes) is 8. The Morgan fingerprint density at radius 2 is 0.780 bits per heavy atom. The van der Waals surface area contributed by atoms with Crippen LogP contribution in [0.4, 0.5) is 0 Å². The smallest absolute Gasteiger partial charge is 0.306 e. The van der Waals surface area contributed by atoms with Gasteiger partial charge in [0.05, 0.1) is 13.2 Å². The number of phenolic OH excluding ortho intramolecular Hbond substituents is 3. The summed E-state index contributed by atoms with van der Waals surface area (Å²) in [5, 5.41) is 75.8. The fraction of sp³-hybridized carbons (Fsp3) is 0.446. The zero-order chi connectivity index (χ0) is 77.5. The average molecular weight is 1430 g/mol. The molecule has 0 aromatic heterocycles. The average Bonchev–Trinajstić information content (AvgIpc) is 1.10. The van der Waals surface area contributed by atoms with E-state index in [1.165, 1.54) is 19.1 Å². The summed E-state index contributed by atoms with van der Waals surface area (Å²) < 4.78 is 4.83. The number of carboxylic acid groups (broad SMARTS) is 4. The molecule has 26 heteroatoms. The number of carboxylic acids is 4. The minimum absolute atomic E-state index is 0. The number of nitrogens with zero attached hydrogens (tertiary/aromatic N) is 1. The number of halogens is 1. The summed E-state index contributed by atoms with van der Waals surface area (Å²) in [4.78, 5) is 118. The fourth-order valence-electron chi connectivity index (χ4n) is 6.30. The van der Waals surface area contributed by atoms with Crippen molar-refractivity contribution in [1.82, 2.24) is 16.0 Å². The number of hydrogen-bond donors (Lipinski definition) is 12. The molecule has 0 saturated carbocycles. The van der Waals surface area contributed by atoms with Crippen molar-refractivity contribution in [2.45, 2.75) is 169 Å². The summed E-state index contributed by atoms with van der Waals surface area (Å²) in [6.07, 6.45) is 17.8. The zero-order valence-corrected chi connectivity index (χ0v) is 59.8. The van der Waals surface area contributed by atoms with Gasteiger partial charge in [-0.3, -0.25) is 47.9 Å². The number of esters is 1. The van der Waals surface area contributed by atoms with Gasteiger partial charge in [0.2, 0.25) is 29.0 Å². The van der Waals surface area contributed by atoms with E-state index >= 15 is 0 Å². The Balaban J connectivity index is -0.000000200. The van der Waals surface area contributed by atoms with Gasteiger partial charge < -0.3 is 67.3 Å². The summed E-state index contributed by atoms with van der Waals surface area (Å²) in [6.45, 7) is 32.2. The Bertz CT molecular complexity index is 2750. The zero-order valence-electron chi connectivity index (χ0n) is 59.0. The summed E-state index contributed by atoms with van der Waals surface area (Å²) in [5.41, 5.74) is 10.2. The number of allylic oxidation sites excluding steroid dienone is 1. The first-order valence-electron chi connectivity index (χ1n) is 32.3. The Morgan fingerprint density at radius 1 is 0.480 bits per heavy atom. The largest absolute Gasteiger partial charge is 0.508 e. The van der Waals surface area contributed by atoms with Crippen LogP contribution in [-0.4, -0.2) is 151 Å². The van der Waals surface area contributed by atoms with E-state index < -0.39 is 23.9 Å².